The van der Waals surface area contributed by atoms with Crippen LogP contribution in [0.3, 0.4) is 0 Å². The van der Waals surface area contributed by atoms with Gasteiger partial charge in [0.1, 0.15) is 0 Å². The Hall–Kier alpha value is -1.21. The van der Waals surface area contributed by atoms with Crippen LogP contribution in [0.25, 0.3) is 0 Å². The van der Waals surface area contributed by atoms with Crippen LogP contribution >= 0.6 is 11.6 Å². The maximum atomic E-state index is 13.1. The van der Waals surface area contributed by atoms with E-state index in [9.17, 15) is 22.7 Å². The van der Waals surface area contributed by atoms with Crippen molar-refractivity contribution < 1.29 is 32.1 Å². The van der Waals surface area contributed by atoms with Crippen molar-refractivity contribution in [1.82, 2.24) is 0 Å². The summed E-state index contributed by atoms with van der Waals surface area (Å²) in [5.41, 5.74) is -0.574. The molecule has 1 aliphatic rings. The van der Waals surface area contributed by atoms with Crippen LogP contribution in [0.5, 0.6) is 11.5 Å². The predicted molar refractivity (Wildman–Crippen MR) is 62.7 cm³/mol. The lowest BCUT2D eigenvalue weighted by atomic mass is 9.85. The number of fused-ring (bicyclic) bond motifs is 1. The molecule has 0 radical (unpaired) electrons. The molecular weight excluding hydrogens is 304 g/mol. The smallest absolute Gasteiger partial charge is 0.421 e. The van der Waals surface area contributed by atoms with E-state index in [2.05, 4.69) is 9.47 Å². The number of ether oxygens (including phenoxy) is 2. The molecule has 1 aliphatic heterocycles. The van der Waals surface area contributed by atoms with E-state index in [0.717, 1.165) is 12.1 Å². The predicted octanol–water partition coefficient (Wildman–Crippen LogP) is 3.57. The van der Waals surface area contributed by atoms with Crippen LogP contribution in [0.1, 0.15) is 19.4 Å². The highest BCUT2D eigenvalue weighted by Gasteiger charge is 2.66. The van der Waals surface area contributed by atoms with Gasteiger partial charge in [-0.05, 0) is 11.6 Å². The summed E-state index contributed by atoms with van der Waals surface area (Å²) in [5, 5.41) is 9.27. The van der Waals surface area contributed by atoms with Crippen LogP contribution in [0.2, 0.25) is 5.02 Å². The Bertz CT molecular complexity index is 546. The molecule has 0 spiro atoms. The summed E-state index contributed by atoms with van der Waals surface area (Å²) in [7, 11) is 0. The molecular formula is C12H11ClF4O3. The normalized spacial score (nSPS) is 19.8. The van der Waals surface area contributed by atoms with Crippen molar-refractivity contribution in [3.05, 3.63) is 22.7 Å². The molecule has 112 valence electrons. The average molecular weight is 315 g/mol. The number of hydrogen-bond acceptors (Lipinski definition) is 3. The van der Waals surface area contributed by atoms with Crippen molar-refractivity contribution in [1.29, 1.82) is 0 Å². The molecule has 0 unspecified atom stereocenters. The molecule has 1 aromatic carbocycles. The van der Waals surface area contributed by atoms with Crippen molar-refractivity contribution in [2.45, 2.75) is 31.5 Å². The maximum Gasteiger partial charge on any atom is 0.507 e. The fraction of sp³-hybridized carbons (Fsp3) is 0.500. The van der Waals surface area contributed by atoms with Crippen molar-refractivity contribution in [2.24, 2.45) is 0 Å². The van der Waals surface area contributed by atoms with Gasteiger partial charge in [-0.25, -0.2) is 0 Å². The first-order chi connectivity index (χ1) is 9.00. The first kappa shape index (κ1) is 15.2. The van der Waals surface area contributed by atoms with Gasteiger partial charge in [0.2, 0.25) is 0 Å². The van der Waals surface area contributed by atoms with Crippen molar-refractivity contribution in [3.8, 4) is 11.5 Å². The summed E-state index contributed by atoms with van der Waals surface area (Å²) >= 11 is 5.91. The minimum absolute atomic E-state index is 0.00687. The van der Waals surface area contributed by atoms with E-state index in [4.69, 9.17) is 11.6 Å². The molecule has 0 amide bonds. The second-order valence-corrected chi connectivity index (χ2v) is 5.47. The zero-order chi connectivity index (χ0) is 15.3. The van der Waals surface area contributed by atoms with Gasteiger partial charge in [-0.15, -0.1) is 0 Å². The van der Waals surface area contributed by atoms with Gasteiger partial charge in [0.15, 0.2) is 11.5 Å². The topological polar surface area (TPSA) is 38.7 Å². The summed E-state index contributed by atoms with van der Waals surface area (Å²) in [6.07, 6.45) is -9.56. The molecule has 0 aliphatic carbocycles. The van der Waals surface area contributed by atoms with E-state index < -0.39 is 29.1 Å². The highest BCUT2D eigenvalue weighted by atomic mass is 35.5. The van der Waals surface area contributed by atoms with Crippen molar-refractivity contribution in [2.75, 3.05) is 6.61 Å². The molecule has 0 saturated carbocycles. The quantitative estimate of drug-likeness (QED) is 0.848. The molecule has 0 atom stereocenters. The number of benzene rings is 1. The van der Waals surface area contributed by atoms with Crippen LogP contribution < -0.4 is 9.47 Å². The van der Waals surface area contributed by atoms with Gasteiger partial charge in [0.25, 0.3) is 0 Å². The number of aliphatic hydroxyl groups is 1. The zero-order valence-electron chi connectivity index (χ0n) is 10.5. The minimum atomic E-state index is -4.78. The lowest BCUT2D eigenvalue weighted by Crippen LogP contribution is -2.52. The molecule has 0 saturated heterocycles. The molecule has 0 bridgehead atoms. The number of alkyl halides is 4. The second-order valence-electron chi connectivity index (χ2n) is 5.06. The molecule has 8 heteroatoms. The summed E-state index contributed by atoms with van der Waals surface area (Å²) in [6.45, 7) is 2.90. The summed E-state index contributed by atoms with van der Waals surface area (Å²) in [4.78, 5) is 0. The Morgan fingerprint density at radius 3 is 2.00 bits per heavy atom. The molecule has 1 aromatic rings. The summed E-state index contributed by atoms with van der Waals surface area (Å²) in [6, 6.07) is 2.03. The van der Waals surface area contributed by atoms with E-state index in [0.29, 0.717) is 0 Å². The van der Waals surface area contributed by atoms with Crippen molar-refractivity contribution in [3.63, 3.8) is 0 Å². The molecule has 3 nitrogen and oxygen atoms in total. The highest BCUT2D eigenvalue weighted by molar-refractivity contribution is 6.31. The van der Waals surface area contributed by atoms with Gasteiger partial charge in [-0.1, -0.05) is 25.4 Å². The highest BCUT2D eigenvalue weighted by Crippen LogP contribution is 2.49. The second kappa shape index (κ2) is 4.39. The molecule has 1 heterocycles. The van der Waals surface area contributed by atoms with E-state index >= 15 is 0 Å². The van der Waals surface area contributed by atoms with Gasteiger partial charge in [-0.3, -0.25) is 0 Å². The third kappa shape index (κ3) is 2.29. The molecule has 0 aromatic heterocycles. The average Bonchev–Trinajstić information content (AvgIpc) is 2.30. The van der Waals surface area contributed by atoms with Crippen LogP contribution in [0.15, 0.2) is 12.1 Å². The van der Waals surface area contributed by atoms with Crippen LogP contribution in [0, 0.1) is 0 Å². The molecule has 1 N–H and O–H groups in total. The summed E-state index contributed by atoms with van der Waals surface area (Å²) < 4.78 is 60.2. The number of rotatable bonds is 2. The largest absolute Gasteiger partial charge is 0.507 e. The van der Waals surface area contributed by atoms with Crippen molar-refractivity contribution >= 4 is 11.6 Å². The Morgan fingerprint density at radius 2 is 1.55 bits per heavy atom. The van der Waals surface area contributed by atoms with E-state index in [1.165, 1.54) is 0 Å². The van der Waals surface area contributed by atoms with Gasteiger partial charge in [0.05, 0.1) is 6.61 Å². The fourth-order valence-electron chi connectivity index (χ4n) is 1.69. The molecule has 20 heavy (non-hydrogen) atoms. The maximum absolute atomic E-state index is 13.1. The first-order valence-corrected chi connectivity index (χ1v) is 5.96. The number of aliphatic hydroxyl groups excluding tert-OH is 1. The van der Waals surface area contributed by atoms with Crippen LogP contribution in [-0.2, 0) is 5.41 Å². The Labute approximate surface area is 117 Å². The van der Waals surface area contributed by atoms with Crippen LogP contribution in [-0.4, -0.2) is 23.9 Å². The fourth-order valence-corrected chi connectivity index (χ4v) is 2.10. The minimum Gasteiger partial charge on any atom is -0.421 e. The molecule has 0 fully saturated rings. The van der Waals surface area contributed by atoms with E-state index in [-0.39, 0.29) is 17.2 Å². The van der Waals surface area contributed by atoms with Gasteiger partial charge in [-0.2, -0.15) is 17.6 Å². The van der Waals surface area contributed by atoms with Gasteiger partial charge < -0.3 is 14.6 Å². The zero-order valence-corrected chi connectivity index (χ0v) is 11.3. The lowest BCUT2D eigenvalue weighted by Gasteiger charge is -2.33. The molecule has 2 rings (SSSR count). The first-order valence-electron chi connectivity index (χ1n) is 5.59. The van der Waals surface area contributed by atoms with E-state index in [1.807, 2.05) is 0 Å². The lowest BCUT2D eigenvalue weighted by molar-refractivity contribution is -0.391. The van der Waals surface area contributed by atoms with Gasteiger partial charge >= 0.3 is 12.2 Å². The standard InChI is InChI=1S/C12H11ClF4O3/c1-10(2,5-18)6-3-8-9(4-7(6)13)20-12(16,17)11(14,15)19-8/h3-4,18H,5H2,1-2H3. The summed E-state index contributed by atoms with van der Waals surface area (Å²) in [5.74, 6) is -1.13. The SMILES string of the molecule is CC(C)(CO)c1cc2c(cc1Cl)OC(F)(F)C(F)(F)O2. The Kier molecular flexibility index (Phi) is 3.33. The van der Waals surface area contributed by atoms with E-state index in [1.54, 1.807) is 13.8 Å². The number of halogens is 5. The monoisotopic (exact) mass is 314 g/mol. The number of hydrogen-bond donors (Lipinski definition) is 1. The third-order valence-electron chi connectivity index (χ3n) is 2.97. The third-order valence-corrected chi connectivity index (χ3v) is 3.29. The van der Waals surface area contributed by atoms with Crippen LogP contribution in [0.4, 0.5) is 17.6 Å². The van der Waals surface area contributed by atoms with Gasteiger partial charge in [0, 0.05) is 16.5 Å². The Morgan fingerprint density at radius 1 is 1.10 bits per heavy atom. The Balaban J connectivity index is 2.54.